The summed E-state index contributed by atoms with van der Waals surface area (Å²) >= 11 is 1.05. The van der Waals surface area contributed by atoms with E-state index in [9.17, 15) is 19.7 Å². The Hall–Kier alpha value is -2.68. The zero-order valence-electron chi connectivity index (χ0n) is 11.5. The smallest absolute Gasteiger partial charge is 0.292 e. The van der Waals surface area contributed by atoms with Crippen molar-refractivity contribution < 1.29 is 9.72 Å². The number of rotatable bonds is 5. The highest BCUT2D eigenvalue weighted by atomic mass is 32.2. The number of nitro groups is 1. The third-order valence-corrected chi connectivity index (χ3v) is 3.66. The summed E-state index contributed by atoms with van der Waals surface area (Å²) in [6, 6.07) is 7.14. The maximum Gasteiger partial charge on any atom is 0.292 e. The molecule has 0 aliphatic rings. The van der Waals surface area contributed by atoms with Gasteiger partial charge in [-0.2, -0.15) is 0 Å². The van der Waals surface area contributed by atoms with Crippen molar-refractivity contribution >= 4 is 29.0 Å². The lowest BCUT2D eigenvalue weighted by Gasteiger charge is -2.11. The van der Waals surface area contributed by atoms with Crippen LogP contribution in [0, 0.1) is 10.1 Å². The van der Waals surface area contributed by atoms with Gasteiger partial charge in [-0.3, -0.25) is 19.7 Å². The van der Waals surface area contributed by atoms with Crippen LogP contribution in [0.4, 0.5) is 11.4 Å². The molecule has 2 aromatic rings. The zero-order chi connectivity index (χ0) is 16.1. The molecule has 114 valence electrons. The van der Waals surface area contributed by atoms with E-state index in [0.29, 0.717) is 5.16 Å². The second-order valence-electron chi connectivity index (χ2n) is 4.26. The Kier molecular flexibility index (Phi) is 4.89. The largest absolute Gasteiger partial charge is 0.319 e. The van der Waals surface area contributed by atoms with Gasteiger partial charge in [0.05, 0.1) is 10.2 Å². The van der Waals surface area contributed by atoms with E-state index in [4.69, 9.17) is 0 Å². The van der Waals surface area contributed by atoms with Crippen LogP contribution in [-0.2, 0) is 4.79 Å². The molecule has 0 bridgehead atoms. The zero-order valence-corrected chi connectivity index (χ0v) is 12.3. The SMILES string of the molecule is C[C@H](Sc1nccc(=O)[nH]1)C(=O)Nc1ccccc1[N+](=O)[O-]. The van der Waals surface area contributed by atoms with E-state index in [0.717, 1.165) is 11.8 Å². The topological polar surface area (TPSA) is 118 Å². The molecule has 1 heterocycles. The molecule has 2 N–H and O–H groups in total. The van der Waals surface area contributed by atoms with Crippen LogP contribution in [0.5, 0.6) is 0 Å². The molecule has 1 atom stereocenters. The maximum atomic E-state index is 12.1. The third kappa shape index (κ3) is 3.92. The van der Waals surface area contributed by atoms with Crippen molar-refractivity contribution in [3.05, 3.63) is 57.0 Å². The Bertz CT molecular complexity index is 761. The first-order valence-corrected chi connectivity index (χ1v) is 7.11. The van der Waals surface area contributed by atoms with Gasteiger partial charge in [0.15, 0.2) is 5.16 Å². The fourth-order valence-electron chi connectivity index (χ4n) is 1.61. The summed E-state index contributed by atoms with van der Waals surface area (Å²) in [6.45, 7) is 1.61. The highest BCUT2D eigenvalue weighted by Crippen LogP contribution is 2.25. The Morgan fingerprint density at radius 3 is 2.82 bits per heavy atom. The molecule has 1 aromatic carbocycles. The van der Waals surface area contributed by atoms with Crippen LogP contribution in [0.2, 0.25) is 0 Å². The molecule has 0 aliphatic heterocycles. The molecule has 0 saturated carbocycles. The summed E-state index contributed by atoms with van der Waals surface area (Å²) in [7, 11) is 0. The number of carbonyl (C=O) groups is 1. The maximum absolute atomic E-state index is 12.1. The lowest BCUT2D eigenvalue weighted by atomic mass is 10.2. The van der Waals surface area contributed by atoms with E-state index < -0.39 is 16.1 Å². The van der Waals surface area contributed by atoms with Gasteiger partial charge in [0.1, 0.15) is 5.69 Å². The van der Waals surface area contributed by atoms with Crippen molar-refractivity contribution in [2.45, 2.75) is 17.3 Å². The number of hydrogen-bond donors (Lipinski definition) is 2. The van der Waals surface area contributed by atoms with E-state index in [2.05, 4.69) is 15.3 Å². The predicted octanol–water partition coefficient (Wildman–Crippen LogP) is 1.80. The van der Waals surface area contributed by atoms with E-state index in [1.807, 2.05) is 0 Å². The molecule has 1 aromatic heterocycles. The van der Waals surface area contributed by atoms with Crippen LogP contribution >= 0.6 is 11.8 Å². The van der Waals surface area contributed by atoms with Crippen molar-refractivity contribution in [2.75, 3.05) is 5.32 Å². The van der Waals surface area contributed by atoms with Crippen LogP contribution in [-0.4, -0.2) is 26.0 Å². The summed E-state index contributed by atoms with van der Waals surface area (Å²) in [5.74, 6) is -0.425. The standard InChI is InChI=1S/C13H12N4O4S/c1-8(22-13-14-7-6-11(18)16-13)12(19)15-9-4-2-3-5-10(9)17(20)21/h2-8H,1H3,(H,15,19)(H,14,16,18)/t8-/m0/s1. The fraction of sp³-hybridized carbons (Fsp3) is 0.154. The summed E-state index contributed by atoms with van der Waals surface area (Å²) in [4.78, 5) is 40.0. The number of nitro benzene ring substituents is 1. The molecular formula is C13H12N4O4S. The molecule has 0 aliphatic carbocycles. The number of benzene rings is 1. The van der Waals surface area contributed by atoms with E-state index in [-0.39, 0.29) is 16.9 Å². The van der Waals surface area contributed by atoms with Gasteiger partial charge >= 0.3 is 0 Å². The number of anilines is 1. The average Bonchev–Trinajstić information content (AvgIpc) is 2.47. The van der Waals surface area contributed by atoms with Crippen molar-refractivity contribution in [3.8, 4) is 0 Å². The number of amides is 1. The molecule has 0 spiro atoms. The molecule has 0 saturated heterocycles. The number of carbonyl (C=O) groups excluding carboxylic acids is 1. The summed E-state index contributed by atoms with van der Waals surface area (Å²) < 4.78 is 0. The van der Waals surface area contributed by atoms with Gasteiger partial charge in [0.25, 0.3) is 11.2 Å². The molecule has 1 amide bonds. The summed E-state index contributed by atoms with van der Waals surface area (Å²) in [6.07, 6.45) is 1.34. The number of aromatic amines is 1. The van der Waals surface area contributed by atoms with E-state index in [1.54, 1.807) is 13.0 Å². The van der Waals surface area contributed by atoms with Crippen LogP contribution < -0.4 is 10.9 Å². The van der Waals surface area contributed by atoms with Crippen LogP contribution in [0.3, 0.4) is 0 Å². The van der Waals surface area contributed by atoms with Gasteiger partial charge in [-0.25, -0.2) is 4.98 Å². The van der Waals surface area contributed by atoms with Crippen molar-refractivity contribution in [1.29, 1.82) is 0 Å². The van der Waals surface area contributed by atoms with Gasteiger partial charge in [-0.1, -0.05) is 23.9 Å². The van der Waals surface area contributed by atoms with Crippen molar-refractivity contribution in [1.82, 2.24) is 9.97 Å². The molecule has 0 fully saturated rings. The number of hydrogen-bond acceptors (Lipinski definition) is 6. The summed E-state index contributed by atoms with van der Waals surface area (Å²) in [5.41, 5.74) is -0.373. The second kappa shape index (κ2) is 6.85. The minimum absolute atomic E-state index is 0.125. The van der Waals surface area contributed by atoms with Crippen LogP contribution in [0.15, 0.2) is 46.5 Å². The Balaban J connectivity index is 2.09. The highest BCUT2D eigenvalue weighted by Gasteiger charge is 2.20. The van der Waals surface area contributed by atoms with Gasteiger partial charge in [-0.05, 0) is 13.0 Å². The van der Waals surface area contributed by atoms with Crippen LogP contribution in [0.25, 0.3) is 0 Å². The fourth-order valence-corrected chi connectivity index (χ4v) is 2.39. The number of para-hydroxylation sites is 2. The Labute approximate surface area is 129 Å². The minimum atomic E-state index is -0.592. The van der Waals surface area contributed by atoms with Gasteiger partial charge in [0, 0.05) is 18.3 Å². The first-order valence-electron chi connectivity index (χ1n) is 6.23. The van der Waals surface area contributed by atoms with Gasteiger partial charge in [-0.15, -0.1) is 0 Å². The first-order chi connectivity index (χ1) is 10.5. The lowest BCUT2D eigenvalue weighted by molar-refractivity contribution is -0.383. The van der Waals surface area contributed by atoms with Gasteiger partial charge in [0.2, 0.25) is 5.91 Å². The molecule has 9 heteroatoms. The monoisotopic (exact) mass is 320 g/mol. The van der Waals surface area contributed by atoms with Crippen LogP contribution in [0.1, 0.15) is 6.92 Å². The molecule has 2 rings (SSSR count). The minimum Gasteiger partial charge on any atom is -0.319 e. The molecule has 8 nitrogen and oxygen atoms in total. The second-order valence-corrected chi connectivity index (χ2v) is 5.59. The number of nitrogens with zero attached hydrogens (tertiary/aromatic N) is 2. The molecule has 0 unspecified atom stereocenters. The molecular weight excluding hydrogens is 308 g/mol. The Morgan fingerprint density at radius 1 is 1.41 bits per heavy atom. The van der Waals surface area contributed by atoms with E-state index >= 15 is 0 Å². The quantitative estimate of drug-likeness (QED) is 0.375. The first kappa shape index (κ1) is 15.7. The lowest BCUT2D eigenvalue weighted by Crippen LogP contribution is -2.23. The predicted molar refractivity (Wildman–Crippen MR) is 81.9 cm³/mol. The Morgan fingerprint density at radius 2 is 2.14 bits per heavy atom. The number of nitrogens with one attached hydrogen (secondary N) is 2. The number of aromatic nitrogens is 2. The molecule has 22 heavy (non-hydrogen) atoms. The highest BCUT2D eigenvalue weighted by molar-refractivity contribution is 8.00. The van der Waals surface area contributed by atoms with Crippen molar-refractivity contribution in [3.63, 3.8) is 0 Å². The molecule has 0 radical (unpaired) electrons. The van der Waals surface area contributed by atoms with E-state index in [1.165, 1.54) is 30.5 Å². The number of thioether (sulfide) groups is 1. The normalized spacial score (nSPS) is 11.7. The average molecular weight is 320 g/mol. The third-order valence-electron chi connectivity index (χ3n) is 2.66. The summed E-state index contributed by atoms with van der Waals surface area (Å²) in [5, 5.41) is 13.1. The van der Waals surface area contributed by atoms with Crippen molar-refractivity contribution in [2.24, 2.45) is 0 Å². The van der Waals surface area contributed by atoms with Gasteiger partial charge < -0.3 is 10.3 Å². The number of H-pyrrole nitrogens is 1.